The molecule has 0 aromatic heterocycles. The van der Waals surface area contributed by atoms with Gasteiger partial charge in [-0.05, 0) is 68.3 Å². The third-order valence-corrected chi connectivity index (χ3v) is 10.9. The second-order valence-electron chi connectivity index (χ2n) is 8.16. The Kier molecular flexibility index (Phi) is 8.77. The Bertz CT molecular complexity index is 1080. The van der Waals surface area contributed by atoms with Crippen LogP contribution in [-0.4, -0.2) is 11.6 Å². The second kappa shape index (κ2) is 11.3. The van der Waals surface area contributed by atoms with Crippen LogP contribution in [0.3, 0.4) is 0 Å². The van der Waals surface area contributed by atoms with Crippen molar-refractivity contribution in [1.29, 1.82) is 0 Å². The predicted octanol–water partition coefficient (Wildman–Crippen LogP) is 5.62. The molecule has 4 rings (SSSR count). The number of rotatable bonds is 6. The van der Waals surface area contributed by atoms with Crippen LogP contribution in [0.2, 0.25) is 0 Å². The van der Waals surface area contributed by atoms with E-state index in [0.29, 0.717) is 0 Å². The fraction of sp³-hybridized carbons (Fsp3) is 0.138. The largest absolute Gasteiger partial charge is 0.322 e. The fourth-order valence-electron chi connectivity index (χ4n) is 4.52. The average Bonchev–Trinajstić information content (AvgIpc) is 2.84. The Morgan fingerprint density at radius 2 is 1.00 bits per heavy atom. The molecule has 0 aliphatic heterocycles. The molecule has 0 saturated carbocycles. The number of benzene rings is 4. The zero-order valence-electron chi connectivity index (χ0n) is 19.4. The van der Waals surface area contributed by atoms with Gasteiger partial charge in [0.1, 0.15) is 23.2 Å². The van der Waals surface area contributed by atoms with Crippen LogP contribution in [0.1, 0.15) is 18.1 Å². The van der Waals surface area contributed by atoms with Crippen molar-refractivity contribution >= 4 is 34.8 Å². The van der Waals surface area contributed by atoms with Crippen LogP contribution < -0.4 is 21.2 Å². The molecule has 0 fully saturated rings. The van der Waals surface area contributed by atoms with Gasteiger partial charge in [0.15, 0.2) is 5.66 Å². The summed E-state index contributed by atoms with van der Waals surface area (Å²) in [6.07, 6.45) is 0. The van der Waals surface area contributed by atoms with Crippen molar-refractivity contribution in [3.8, 4) is 0 Å². The average molecular weight is 527 g/mol. The molecule has 0 saturated heterocycles. The summed E-state index contributed by atoms with van der Waals surface area (Å²) in [4.78, 5) is 13.9. The molecule has 163 valence electrons. The van der Waals surface area contributed by atoms with Crippen LogP contribution in [0.15, 0.2) is 109 Å². The number of aryl methyl sites for hydroxylation is 2. The third-order valence-electron chi connectivity index (χ3n) is 6.18. The van der Waals surface area contributed by atoms with Gasteiger partial charge < -0.3 is 5.32 Å². The van der Waals surface area contributed by atoms with Gasteiger partial charge in [-0.15, -0.1) is 0 Å². The van der Waals surface area contributed by atoms with E-state index in [-0.39, 0.29) is 44.3 Å². The van der Waals surface area contributed by atoms with Crippen LogP contribution >= 0.6 is 7.26 Å². The first-order valence-electron chi connectivity index (χ1n) is 11.0. The van der Waals surface area contributed by atoms with Gasteiger partial charge in [-0.2, -0.15) is 0 Å². The van der Waals surface area contributed by atoms with Crippen LogP contribution in [0.4, 0.5) is 5.69 Å². The quantitative estimate of drug-likeness (QED) is 0.324. The molecule has 2 nitrogen and oxygen atoms in total. The van der Waals surface area contributed by atoms with Crippen molar-refractivity contribution in [3.05, 3.63) is 120 Å². The Balaban J connectivity index is 0.00000306. The summed E-state index contributed by atoms with van der Waals surface area (Å²) in [5, 5.41) is 6.91. The Morgan fingerprint density at radius 1 is 0.636 bits per heavy atom. The van der Waals surface area contributed by atoms with Gasteiger partial charge in [0.2, 0.25) is 0 Å². The smallest absolute Gasteiger partial charge is 0.266 e. The van der Waals surface area contributed by atoms with E-state index in [2.05, 4.69) is 85.0 Å². The Labute approximate surface area is 223 Å². The molecule has 4 aromatic carbocycles. The Morgan fingerprint density at radius 3 is 1.36 bits per heavy atom. The number of amides is 1. The van der Waals surface area contributed by atoms with Gasteiger partial charge >= 0.3 is 0 Å². The molecule has 1 amide bonds. The molecule has 4 heteroatoms. The summed E-state index contributed by atoms with van der Waals surface area (Å²) in [6.45, 7) is 6.17. The van der Waals surface area contributed by atoms with Crippen LogP contribution in [0.25, 0.3) is 0 Å². The third kappa shape index (κ3) is 5.04. The summed E-state index contributed by atoms with van der Waals surface area (Å²) < 4.78 is 0. The van der Waals surface area contributed by atoms with Crippen molar-refractivity contribution in [2.24, 2.45) is 0 Å². The molecule has 0 spiro atoms. The van der Waals surface area contributed by atoms with E-state index in [1.165, 1.54) is 15.9 Å². The molecule has 1 atom stereocenters. The van der Waals surface area contributed by atoms with Gasteiger partial charge in [0.05, 0.1) is 0 Å². The van der Waals surface area contributed by atoms with Gasteiger partial charge in [0, 0.05) is 38.4 Å². The summed E-state index contributed by atoms with van der Waals surface area (Å²) in [6, 6.07) is 37.7. The van der Waals surface area contributed by atoms with Gasteiger partial charge in [-0.3, -0.25) is 4.79 Å². The second-order valence-corrected chi connectivity index (χ2v) is 11.9. The van der Waals surface area contributed by atoms with E-state index in [1.807, 2.05) is 50.2 Å². The predicted molar refractivity (Wildman–Crippen MR) is 139 cm³/mol. The minimum absolute atomic E-state index is 0. The molecule has 1 N–H and O–H groups in total. The molecular weight excluding hydrogens is 498 g/mol. The fourth-order valence-corrected chi connectivity index (χ4v) is 9.10. The van der Waals surface area contributed by atoms with E-state index in [1.54, 1.807) is 0 Å². The summed E-state index contributed by atoms with van der Waals surface area (Å²) in [5.74, 6) is 0.0484. The number of anilines is 1. The topological polar surface area (TPSA) is 29.1 Å². The van der Waals surface area contributed by atoms with Crippen LogP contribution in [-0.2, 0) is 37.5 Å². The molecular formula is C29H29NOPY+. The van der Waals surface area contributed by atoms with Gasteiger partial charge in [-0.25, -0.2) is 0 Å². The maximum absolute atomic E-state index is 13.9. The van der Waals surface area contributed by atoms with Crippen molar-refractivity contribution in [2.45, 2.75) is 26.4 Å². The first-order valence-corrected chi connectivity index (χ1v) is 12.8. The zero-order chi connectivity index (χ0) is 22.6. The van der Waals surface area contributed by atoms with Gasteiger partial charge in [-0.1, -0.05) is 72.8 Å². The number of carbonyl (C=O) groups is 1. The molecule has 0 aliphatic rings. The molecule has 1 unspecified atom stereocenters. The normalized spacial score (nSPS) is 11.8. The summed E-state index contributed by atoms with van der Waals surface area (Å²) in [5.41, 5.74) is 2.81. The first-order chi connectivity index (χ1) is 15.5. The van der Waals surface area contributed by atoms with E-state index in [9.17, 15) is 4.79 Å². The SMILES string of the molecule is Cc1cccc(C)c1NC(=O)C(C)[P+](c1ccccc1)(c1ccccc1)c1ccccc1.[Y]. The zero-order valence-corrected chi connectivity index (χ0v) is 23.1. The van der Waals surface area contributed by atoms with Crippen molar-refractivity contribution in [3.63, 3.8) is 0 Å². The van der Waals surface area contributed by atoms with Gasteiger partial charge in [0.25, 0.3) is 5.91 Å². The standard InChI is InChI=1S/C29H28NOP.Y/c1-22-14-13-15-23(2)28(22)30-29(31)24(3)32(25-16-7-4-8-17-25,26-18-9-5-10-19-26)27-20-11-6-12-21-27;/h4-21,24H,1-3H3;/p+1. The minimum atomic E-state index is -2.28. The van der Waals surface area contributed by atoms with Crippen molar-refractivity contribution in [1.82, 2.24) is 0 Å². The molecule has 4 aromatic rings. The number of carbonyl (C=O) groups excluding carboxylic acids is 1. The molecule has 33 heavy (non-hydrogen) atoms. The Hall–Kier alpha value is -2.12. The van der Waals surface area contributed by atoms with E-state index < -0.39 is 7.26 Å². The summed E-state index contributed by atoms with van der Waals surface area (Å²) in [7, 11) is -2.28. The van der Waals surface area contributed by atoms with E-state index in [4.69, 9.17) is 0 Å². The minimum Gasteiger partial charge on any atom is -0.322 e. The molecule has 1 radical (unpaired) electrons. The number of hydrogen-bond donors (Lipinski definition) is 1. The molecule has 0 bridgehead atoms. The van der Waals surface area contributed by atoms with E-state index >= 15 is 0 Å². The monoisotopic (exact) mass is 527 g/mol. The van der Waals surface area contributed by atoms with Crippen LogP contribution in [0.5, 0.6) is 0 Å². The number of para-hydroxylation sites is 1. The first kappa shape index (κ1) is 25.5. The molecule has 0 aliphatic carbocycles. The maximum atomic E-state index is 13.9. The number of hydrogen-bond acceptors (Lipinski definition) is 1. The summed E-state index contributed by atoms with van der Waals surface area (Å²) >= 11 is 0. The van der Waals surface area contributed by atoms with Crippen molar-refractivity contribution in [2.75, 3.05) is 5.32 Å². The van der Waals surface area contributed by atoms with Crippen LogP contribution in [0, 0.1) is 13.8 Å². The molecule has 0 heterocycles. The van der Waals surface area contributed by atoms with E-state index in [0.717, 1.165) is 16.8 Å². The van der Waals surface area contributed by atoms with Crippen molar-refractivity contribution < 1.29 is 37.5 Å². The number of nitrogens with one attached hydrogen (secondary N) is 1. The maximum Gasteiger partial charge on any atom is 0.266 e.